The topological polar surface area (TPSA) is 67.5 Å². The minimum atomic E-state index is -0.958. The molecule has 3 rings (SSSR count). The van der Waals surface area contributed by atoms with Gasteiger partial charge in [0.05, 0.1) is 11.3 Å². The monoisotopic (exact) mass is 253 g/mol. The van der Waals surface area contributed by atoms with E-state index in [0.717, 1.165) is 17.1 Å². The smallest absolute Gasteiger partial charge is 0.335 e. The minimum absolute atomic E-state index is 0.224. The molecule has 94 valence electrons. The lowest BCUT2D eigenvalue weighted by Crippen LogP contribution is -1.96. The number of rotatable bonds is 2. The number of carbonyl (C=O) groups is 1. The van der Waals surface area contributed by atoms with Crippen LogP contribution < -0.4 is 0 Å². The zero-order valence-electron chi connectivity index (χ0n) is 10.2. The third-order valence-corrected chi connectivity index (χ3v) is 2.86. The van der Waals surface area contributed by atoms with Gasteiger partial charge >= 0.3 is 5.97 Å². The molecule has 0 atom stereocenters. The number of aryl methyl sites for hydroxylation is 1. The van der Waals surface area contributed by atoms with E-state index < -0.39 is 5.97 Å². The van der Waals surface area contributed by atoms with Crippen LogP contribution in [-0.4, -0.2) is 25.4 Å². The van der Waals surface area contributed by atoms with Gasteiger partial charge in [0.2, 0.25) is 0 Å². The van der Waals surface area contributed by atoms with Crippen molar-refractivity contribution in [2.24, 2.45) is 0 Å². The summed E-state index contributed by atoms with van der Waals surface area (Å²) >= 11 is 0. The number of imidazole rings is 1. The molecule has 0 unspecified atom stereocenters. The van der Waals surface area contributed by atoms with Gasteiger partial charge in [0.25, 0.3) is 0 Å². The van der Waals surface area contributed by atoms with Gasteiger partial charge in [-0.15, -0.1) is 0 Å². The predicted molar refractivity (Wildman–Crippen MR) is 70.1 cm³/mol. The van der Waals surface area contributed by atoms with Crippen LogP contribution in [0.15, 0.2) is 42.7 Å². The van der Waals surface area contributed by atoms with Crippen LogP contribution in [0.2, 0.25) is 0 Å². The summed E-state index contributed by atoms with van der Waals surface area (Å²) in [5, 5.41) is 8.96. The molecule has 1 N–H and O–H groups in total. The number of pyridine rings is 2. The average Bonchev–Trinajstić information content (AvgIpc) is 2.81. The lowest BCUT2D eigenvalue weighted by Gasteiger charge is -1.95. The Bertz CT molecular complexity index is 777. The van der Waals surface area contributed by atoms with Crippen LogP contribution in [0.5, 0.6) is 0 Å². The van der Waals surface area contributed by atoms with Crippen molar-refractivity contribution in [1.29, 1.82) is 0 Å². The summed E-state index contributed by atoms with van der Waals surface area (Å²) in [6, 6.07) is 8.81. The number of aromatic carboxylic acids is 1. The van der Waals surface area contributed by atoms with Crippen LogP contribution in [0.4, 0.5) is 0 Å². The van der Waals surface area contributed by atoms with E-state index in [1.165, 1.54) is 0 Å². The molecular weight excluding hydrogens is 242 g/mol. The molecule has 0 fully saturated rings. The summed E-state index contributed by atoms with van der Waals surface area (Å²) in [4.78, 5) is 19.7. The van der Waals surface area contributed by atoms with E-state index in [-0.39, 0.29) is 5.56 Å². The number of nitrogens with zero attached hydrogens (tertiary/aromatic N) is 3. The van der Waals surface area contributed by atoms with Crippen LogP contribution in [0.1, 0.15) is 16.1 Å². The number of hydrogen-bond acceptors (Lipinski definition) is 3. The number of carboxylic acids is 1. The first-order valence-electron chi connectivity index (χ1n) is 5.79. The van der Waals surface area contributed by atoms with Crippen molar-refractivity contribution in [2.75, 3.05) is 0 Å². The van der Waals surface area contributed by atoms with E-state index in [2.05, 4.69) is 9.97 Å². The fourth-order valence-corrected chi connectivity index (χ4v) is 1.92. The standard InChI is InChI=1S/C14H11N3O2/c1-9-3-2-4-11(15-9)12-8-17-6-5-10(14(18)19)7-13(17)16-12/h2-8H,1H3,(H,18,19). The molecule has 0 amide bonds. The Kier molecular flexibility index (Phi) is 2.52. The quantitative estimate of drug-likeness (QED) is 0.761. The van der Waals surface area contributed by atoms with Gasteiger partial charge < -0.3 is 9.51 Å². The van der Waals surface area contributed by atoms with Crippen molar-refractivity contribution in [3.8, 4) is 11.4 Å². The van der Waals surface area contributed by atoms with Crippen molar-refractivity contribution in [3.05, 3.63) is 54.0 Å². The number of aromatic nitrogens is 3. The van der Waals surface area contributed by atoms with E-state index in [4.69, 9.17) is 5.11 Å². The van der Waals surface area contributed by atoms with Crippen molar-refractivity contribution >= 4 is 11.6 Å². The number of carboxylic acid groups (broad SMARTS) is 1. The van der Waals surface area contributed by atoms with Gasteiger partial charge in [0.15, 0.2) is 0 Å². The lowest BCUT2D eigenvalue weighted by molar-refractivity contribution is 0.0697. The lowest BCUT2D eigenvalue weighted by atomic mass is 10.2. The highest BCUT2D eigenvalue weighted by molar-refractivity contribution is 5.88. The molecule has 5 heteroatoms. The van der Waals surface area contributed by atoms with Crippen molar-refractivity contribution < 1.29 is 9.90 Å². The zero-order chi connectivity index (χ0) is 13.4. The molecule has 0 aliphatic carbocycles. The van der Waals surface area contributed by atoms with Gasteiger partial charge in [-0.2, -0.15) is 0 Å². The molecular formula is C14H11N3O2. The Morgan fingerprint density at radius 2 is 2.05 bits per heavy atom. The van der Waals surface area contributed by atoms with Crippen molar-refractivity contribution in [3.63, 3.8) is 0 Å². The maximum atomic E-state index is 10.9. The summed E-state index contributed by atoms with van der Waals surface area (Å²) in [6.45, 7) is 1.92. The molecule has 3 heterocycles. The fourth-order valence-electron chi connectivity index (χ4n) is 1.92. The predicted octanol–water partition coefficient (Wildman–Crippen LogP) is 2.40. The van der Waals surface area contributed by atoms with Crippen LogP contribution in [0, 0.1) is 6.92 Å². The van der Waals surface area contributed by atoms with Crippen LogP contribution in [0.25, 0.3) is 17.0 Å². The SMILES string of the molecule is Cc1cccc(-c2cn3ccc(C(=O)O)cc3n2)n1. The molecule has 0 saturated heterocycles. The van der Waals surface area contributed by atoms with Gasteiger partial charge in [-0.1, -0.05) is 6.07 Å². The molecule has 0 radical (unpaired) electrons. The van der Waals surface area contributed by atoms with E-state index in [1.807, 2.05) is 31.3 Å². The molecule has 0 spiro atoms. The van der Waals surface area contributed by atoms with Gasteiger partial charge in [0.1, 0.15) is 11.3 Å². The van der Waals surface area contributed by atoms with Gasteiger partial charge in [0, 0.05) is 18.1 Å². The molecule has 0 bridgehead atoms. The minimum Gasteiger partial charge on any atom is -0.478 e. The normalized spacial score (nSPS) is 10.8. The maximum absolute atomic E-state index is 10.9. The Balaban J connectivity index is 2.14. The van der Waals surface area contributed by atoms with Crippen molar-refractivity contribution in [1.82, 2.24) is 14.4 Å². The molecule has 3 aromatic heterocycles. The summed E-state index contributed by atoms with van der Waals surface area (Å²) in [5.74, 6) is -0.958. The summed E-state index contributed by atoms with van der Waals surface area (Å²) in [7, 11) is 0. The first kappa shape index (κ1) is 11.4. The number of fused-ring (bicyclic) bond motifs is 1. The van der Waals surface area contributed by atoms with Gasteiger partial charge in [-0.3, -0.25) is 4.98 Å². The Morgan fingerprint density at radius 3 is 2.79 bits per heavy atom. The third kappa shape index (κ3) is 2.06. The third-order valence-electron chi connectivity index (χ3n) is 2.86. The highest BCUT2D eigenvalue weighted by Gasteiger charge is 2.08. The molecule has 0 aliphatic heterocycles. The fraction of sp³-hybridized carbons (Fsp3) is 0.0714. The maximum Gasteiger partial charge on any atom is 0.335 e. The highest BCUT2D eigenvalue weighted by Crippen LogP contribution is 2.18. The first-order chi connectivity index (χ1) is 9.13. The Morgan fingerprint density at radius 1 is 1.21 bits per heavy atom. The van der Waals surface area contributed by atoms with Crippen LogP contribution in [-0.2, 0) is 0 Å². The van der Waals surface area contributed by atoms with Crippen LogP contribution >= 0.6 is 0 Å². The van der Waals surface area contributed by atoms with E-state index in [9.17, 15) is 4.79 Å². The second-order valence-electron chi connectivity index (χ2n) is 4.28. The van der Waals surface area contributed by atoms with E-state index in [0.29, 0.717) is 5.65 Å². The molecule has 19 heavy (non-hydrogen) atoms. The molecule has 0 saturated carbocycles. The first-order valence-corrected chi connectivity index (χ1v) is 5.79. The largest absolute Gasteiger partial charge is 0.478 e. The molecule has 0 aromatic carbocycles. The Labute approximate surface area is 109 Å². The average molecular weight is 253 g/mol. The van der Waals surface area contributed by atoms with Gasteiger partial charge in [-0.05, 0) is 31.2 Å². The van der Waals surface area contributed by atoms with E-state index >= 15 is 0 Å². The Hall–Kier alpha value is -2.69. The molecule has 3 aromatic rings. The van der Waals surface area contributed by atoms with Crippen molar-refractivity contribution in [2.45, 2.75) is 6.92 Å². The summed E-state index contributed by atoms with van der Waals surface area (Å²) in [6.07, 6.45) is 3.52. The molecule has 0 aliphatic rings. The second kappa shape index (κ2) is 4.20. The summed E-state index contributed by atoms with van der Waals surface area (Å²) in [5.41, 5.74) is 3.24. The summed E-state index contributed by atoms with van der Waals surface area (Å²) < 4.78 is 1.78. The number of hydrogen-bond donors (Lipinski definition) is 1. The zero-order valence-corrected chi connectivity index (χ0v) is 10.2. The highest BCUT2D eigenvalue weighted by atomic mass is 16.4. The van der Waals surface area contributed by atoms with E-state index in [1.54, 1.807) is 22.7 Å². The van der Waals surface area contributed by atoms with Gasteiger partial charge in [-0.25, -0.2) is 9.78 Å². The second-order valence-corrected chi connectivity index (χ2v) is 4.28. The van der Waals surface area contributed by atoms with Crippen LogP contribution in [0.3, 0.4) is 0 Å². The molecule has 5 nitrogen and oxygen atoms in total.